The monoisotopic (exact) mass is 384 g/mol. The number of rotatable bonds is 6. The number of benzene rings is 1. The Bertz CT molecular complexity index is 947. The molecule has 1 aromatic carbocycles. The number of carbonyl (C=O) groups is 2. The maximum atomic E-state index is 12.6. The van der Waals surface area contributed by atoms with E-state index in [0.29, 0.717) is 21.4 Å². The zero-order valence-corrected chi connectivity index (χ0v) is 16.1. The van der Waals surface area contributed by atoms with Gasteiger partial charge in [-0.1, -0.05) is 41.7 Å². The lowest BCUT2D eigenvalue weighted by Crippen LogP contribution is -2.18. The lowest BCUT2D eigenvalue weighted by atomic mass is 10.1. The normalized spacial score (nSPS) is 10.8. The second-order valence-corrected chi connectivity index (χ2v) is 6.99. The van der Waals surface area contributed by atoms with Gasteiger partial charge in [-0.25, -0.2) is 9.78 Å². The molecule has 7 nitrogen and oxygen atoms in total. The molecule has 8 heteroatoms. The van der Waals surface area contributed by atoms with Gasteiger partial charge in [-0.3, -0.25) is 14.8 Å². The van der Waals surface area contributed by atoms with E-state index in [9.17, 15) is 9.59 Å². The Hall–Kier alpha value is -3.00. The summed E-state index contributed by atoms with van der Waals surface area (Å²) in [5, 5.41) is 7.26. The number of nitrogens with one attached hydrogen (secondary N) is 1. The smallest absolute Gasteiger partial charge is 0.350 e. The van der Waals surface area contributed by atoms with Crippen molar-refractivity contribution in [1.29, 1.82) is 0 Å². The van der Waals surface area contributed by atoms with Crippen molar-refractivity contribution in [3.05, 3.63) is 53.2 Å². The molecule has 0 aliphatic heterocycles. The molecule has 0 saturated carbocycles. The second-order valence-electron chi connectivity index (χ2n) is 5.99. The molecule has 1 amide bonds. The van der Waals surface area contributed by atoms with Crippen molar-refractivity contribution in [2.24, 2.45) is 0 Å². The Morgan fingerprint density at radius 1 is 1.22 bits per heavy atom. The van der Waals surface area contributed by atoms with E-state index < -0.39 is 5.97 Å². The number of hydrogen-bond acceptors (Lipinski definition) is 6. The first-order valence-electron chi connectivity index (χ1n) is 8.59. The Morgan fingerprint density at radius 2 is 1.96 bits per heavy atom. The lowest BCUT2D eigenvalue weighted by molar-refractivity contribution is 0.0532. The van der Waals surface area contributed by atoms with Gasteiger partial charge in [0.15, 0.2) is 5.13 Å². The van der Waals surface area contributed by atoms with Crippen LogP contribution in [0.15, 0.2) is 42.6 Å². The topological polar surface area (TPSA) is 86.1 Å². The van der Waals surface area contributed by atoms with Crippen LogP contribution < -0.4 is 5.32 Å². The maximum absolute atomic E-state index is 12.6. The summed E-state index contributed by atoms with van der Waals surface area (Å²) < 4.78 is 6.77. The highest BCUT2D eigenvalue weighted by atomic mass is 32.1. The van der Waals surface area contributed by atoms with Crippen molar-refractivity contribution in [2.75, 3.05) is 11.9 Å². The van der Waals surface area contributed by atoms with E-state index in [0.717, 1.165) is 16.9 Å². The number of esters is 1. The molecule has 0 unspecified atom stereocenters. The number of aromatic nitrogens is 3. The Balaban J connectivity index is 1.93. The van der Waals surface area contributed by atoms with Crippen LogP contribution in [0.4, 0.5) is 5.13 Å². The SMILES string of the molecule is CCOC(=O)c1sc(NC(=O)c2ccnn2C(C)C)nc1-c1ccccc1. The summed E-state index contributed by atoms with van der Waals surface area (Å²) in [6.07, 6.45) is 1.58. The largest absolute Gasteiger partial charge is 0.462 e. The van der Waals surface area contributed by atoms with Crippen LogP contribution in [-0.2, 0) is 4.74 Å². The van der Waals surface area contributed by atoms with E-state index in [1.807, 2.05) is 44.2 Å². The van der Waals surface area contributed by atoms with Crippen molar-refractivity contribution >= 4 is 28.3 Å². The predicted octanol–water partition coefficient (Wildman–Crippen LogP) is 4.02. The lowest BCUT2D eigenvalue weighted by Gasteiger charge is -2.09. The van der Waals surface area contributed by atoms with Crippen molar-refractivity contribution in [2.45, 2.75) is 26.8 Å². The van der Waals surface area contributed by atoms with Gasteiger partial charge in [0.05, 0.1) is 12.3 Å². The predicted molar refractivity (Wildman–Crippen MR) is 104 cm³/mol. The standard InChI is InChI=1S/C19H20N4O3S/c1-4-26-18(25)16-15(13-8-6-5-7-9-13)21-19(27-16)22-17(24)14-10-11-20-23(14)12(2)3/h5-12H,4H2,1-3H3,(H,21,22,24). The van der Waals surface area contributed by atoms with Gasteiger partial charge >= 0.3 is 5.97 Å². The fourth-order valence-corrected chi connectivity index (χ4v) is 3.44. The highest BCUT2D eigenvalue weighted by Gasteiger charge is 2.22. The quantitative estimate of drug-likeness (QED) is 0.649. The van der Waals surface area contributed by atoms with E-state index in [2.05, 4.69) is 15.4 Å². The van der Waals surface area contributed by atoms with Gasteiger partial charge in [-0.2, -0.15) is 5.10 Å². The number of carbonyl (C=O) groups excluding carboxylic acids is 2. The van der Waals surface area contributed by atoms with Gasteiger partial charge in [-0.05, 0) is 26.8 Å². The molecule has 2 heterocycles. The van der Waals surface area contributed by atoms with Crippen LogP contribution in [0.5, 0.6) is 0 Å². The first-order valence-corrected chi connectivity index (χ1v) is 9.41. The number of thiazole rings is 1. The molecule has 27 heavy (non-hydrogen) atoms. The van der Waals surface area contributed by atoms with E-state index in [4.69, 9.17) is 4.74 Å². The zero-order chi connectivity index (χ0) is 19.4. The van der Waals surface area contributed by atoms with Crippen molar-refractivity contribution < 1.29 is 14.3 Å². The van der Waals surface area contributed by atoms with Gasteiger partial charge in [0.25, 0.3) is 5.91 Å². The third-order valence-electron chi connectivity index (χ3n) is 3.75. The van der Waals surface area contributed by atoms with Crippen LogP contribution in [0.2, 0.25) is 0 Å². The number of amides is 1. The van der Waals surface area contributed by atoms with Gasteiger partial charge in [0, 0.05) is 17.8 Å². The molecule has 0 radical (unpaired) electrons. The van der Waals surface area contributed by atoms with E-state index >= 15 is 0 Å². The average molecular weight is 384 g/mol. The van der Waals surface area contributed by atoms with E-state index in [-0.39, 0.29) is 18.6 Å². The fraction of sp³-hybridized carbons (Fsp3) is 0.263. The summed E-state index contributed by atoms with van der Waals surface area (Å²) in [6, 6.07) is 11.0. The first-order chi connectivity index (χ1) is 13.0. The van der Waals surface area contributed by atoms with Crippen molar-refractivity contribution in [3.63, 3.8) is 0 Å². The number of hydrogen-bond donors (Lipinski definition) is 1. The summed E-state index contributed by atoms with van der Waals surface area (Å²) in [6.45, 7) is 5.90. The molecule has 1 N–H and O–H groups in total. The number of anilines is 1. The molecular weight excluding hydrogens is 364 g/mol. The Labute approximate surface area is 161 Å². The molecule has 3 rings (SSSR count). The van der Waals surface area contributed by atoms with Crippen LogP contribution >= 0.6 is 11.3 Å². The number of nitrogens with zero attached hydrogens (tertiary/aromatic N) is 3. The van der Waals surface area contributed by atoms with Crippen LogP contribution in [0, 0.1) is 0 Å². The van der Waals surface area contributed by atoms with E-state index in [1.165, 1.54) is 0 Å². The Kier molecular flexibility index (Phi) is 5.66. The maximum Gasteiger partial charge on any atom is 0.350 e. The fourth-order valence-electron chi connectivity index (χ4n) is 2.57. The Morgan fingerprint density at radius 3 is 2.63 bits per heavy atom. The molecule has 0 aliphatic carbocycles. The van der Waals surface area contributed by atoms with Crippen LogP contribution in [0.25, 0.3) is 11.3 Å². The molecule has 2 aromatic heterocycles. The molecule has 0 spiro atoms. The molecule has 0 aliphatic rings. The summed E-state index contributed by atoms with van der Waals surface area (Å²) in [5.74, 6) is -0.786. The van der Waals surface area contributed by atoms with Gasteiger partial charge in [-0.15, -0.1) is 0 Å². The molecule has 0 bridgehead atoms. The highest BCUT2D eigenvalue weighted by molar-refractivity contribution is 7.18. The molecule has 140 valence electrons. The average Bonchev–Trinajstić information content (AvgIpc) is 3.30. The molecule has 0 atom stereocenters. The first kappa shape index (κ1) is 18.8. The number of ether oxygens (including phenoxy) is 1. The zero-order valence-electron chi connectivity index (χ0n) is 15.3. The second kappa shape index (κ2) is 8.13. The van der Waals surface area contributed by atoms with Crippen LogP contribution in [-0.4, -0.2) is 33.2 Å². The summed E-state index contributed by atoms with van der Waals surface area (Å²) in [5.41, 5.74) is 1.70. The van der Waals surface area contributed by atoms with Crippen molar-refractivity contribution in [3.8, 4) is 11.3 Å². The summed E-state index contributed by atoms with van der Waals surface area (Å²) in [7, 11) is 0. The molecule has 0 saturated heterocycles. The highest BCUT2D eigenvalue weighted by Crippen LogP contribution is 2.32. The molecule has 0 fully saturated rings. The third-order valence-corrected chi connectivity index (χ3v) is 4.70. The van der Waals surface area contributed by atoms with Gasteiger partial charge in [0.1, 0.15) is 10.6 Å². The molecular formula is C19H20N4O3S. The summed E-state index contributed by atoms with van der Waals surface area (Å²) >= 11 is 1.09. The van der Waals surface area contributed by atoms with Crippen LogP contribution in [0.1, 0.15) is 47.0 Å². The summed E-state index contributed by atoms with van der Waals surface area (Å²) in [4.78, 5) is 29.8. The minimum Gasteiger partial charge on any atom is -0.462 e. The third kappa shape index (κ3) is 4.06. The minimum absolute atomic E-state index is 0.0482. The minimum atomic E-state index is -0.457. The van der Waals surface area contributed by atoms with E-state index in [1.54, 1.807) is 23.9 Å². The van der Waals surface area contributed by atoms with Crippen LogP contribution in [0.3, 0.4) is 0 Å². The van der Waals surface area contributed by atoms with Gasteiger partial charge < -0.3 is 4.74 Å². The molecule has 3 aromatic rings. The van der Waals surface area contributed by atoms with Gasteiger partial charge in [0.2, 0.25) is 0 Å². The van der Waals surface area contributed by atoms with Crippen molar-refractivity contribution in [1.82, 2.24) is 14.8 Å².